The summed E-state index contributed by atoms with van der Waals surface area (Å²) in [5.41, 5.74) is 2.30. The first-order valence-corrected chi connectivity index (χ1v) is 14.7. The van der Waals surface area contributed by atoms with Gasteiger partial charge in [0.25, 0.3) is 11.5 Å². The van der Waals surface area contributed by atoms with Crippen molar-refractivity contribution >= 4 is 51.8 Å². The number of carbonyl (C=O) groups excluding carboxylic acids is 1. The first kappa shape index (κ1) is 27.7. The number of piperazine rings is 1. The van der Waals surface area contributed by atoms with E-state index in [2.05, 4.69) is 34.9 Å². The van der Waals surface area contributed by atoms with Crippen molar-refractivity contribution in [3.63, 3.8) is 0 Å². The largest absolute Gasteiger partial charge is 0.467 e. The van der Waals surface area contributed by atoms with Crippen LogP contribution in [0.4, 0.5) is 11.5 Å². The average molecular weight is 574 g/mol. The minimum absolute atomic E-state index is 0.111. The number of rotatable bonds is 8. The Morgan fingerprint density at radius 2 is 1.80 bits per heavy atom. The van der Waals surface area contributed by atoms with Crippen LogP contribution in [0, 0.1) is 18.3 Å². The number of hydrogen-bond acceptors (Lipinski definition) is 8. The van der Waals surface area contributed by atoms with E-state index in [0.29, 0.717) is 40.2 Å². The second kappa shape index (κ2) is 12.1. The number of unbranched alkanes of at least 4 members (excludes halogenated alkanes) is 1. The molecule has 3 aromatic rings. The number of thioether (sulfide) groups is 1. The van der Waals surface area contributed by atoms with Crippen LogP contribution < -0.4 is 15.4 Å². The predicted octanol–water partition coefficient (Wildman–Crippen LogP) is 5.15. The number of amides is 1. The van der Waals surface area contributed by atoms with Crippen LogP contribution >= 0.6 is 24.0 Å². The lowest BCUT2D eigenvalue weighted by atomic mass is 10.0. The minimum atomic E-state index is -0.281. The van der Waals surface area contributed by atoms with Crippen molar-refractivity contribution in [2.24, 2.45) is 0 Å². The Labute approximate surface area is 243 Å². The van der Waals surface area contributed by atoms with E-state index in [4.69, 9.17) is 16.6 Å². The van der Waals surface area contributed by atoms with E-state index in [1.165, 1.54) is 22.3 Å². The normalized spacial score (nSPS) is 16.7. The lowest BCUT2D eigenvalue weighted by Crippen LogP contribution is -2.48. The number of para-hydroxylation sites is 1. The number of aromatic nitrogens is 1. The summed E-state index contributed by atoms with van der Waals surface area (Å²) in [4.78, 5) is 33.6. The topological polar surface area (TPSA) is 85.7 Å². The molecule has 0 aliphatic carbocycles. The molecular formula is C30H31N5O3S2. The highest BCUT2D eigenvalue weighted by atomic mass is 32.2. The molecule has 1 aromatic carbocycles. The van der Waals surface area contributed by atoms with E-state index in [1.54, 1.807) is 23.8 Å². The van der Waals surface area contributed by atoms with E-state index >= 15 is 0 Å². The third kappa shape index (κ3) is 5.44. The van der Waals surface area contributed by atoms with E-state index in [0.717, 1.165) is 37.3 Å². The number of benzene rings is 1. The van der Waals surface area contributed by atoms with E-state index in [-0.39, 0.29) is 23.6 Å². The summed E-state index contributed by atoms with van der Waals surface area (Å²) < 4.78 is 7.62. The Morgan fingerprint density at radius 3 is 2.45 bits per heavy atom. The predicted molar refractivity (Wildman–Crippen MR) is 163 cm³/mol. The van der Waals surface area contributed by atoms with Crippen LogP contribution in [-0.4, -0.2) is 45.9 Å². The average Bonchev–Trinajstić information content (AvgIpc) is 3.58. The summed E-state index contributed by atoms with van der Waals surface area (Å²) in [6.45, 7) is 7.60. The van der Waals surface area contributed by atoms with Crippen LogP contribution in [0.3, 0.4) is 0 Å². The Bertz CT molecular complexity index is 1530. The molecule has 0 radical (unpaired) electrons. The van der Waals surface area contributed by atoms with Gasteiger partial charge in [-0.3, -0.25) is 19.1 Å². The summed E-state index contributed by atoms with van der Waals surface area (Å²) in [5.74, 6) is 1.19. The fourth-order valence-electron chi connectivity index (χ4n) is 5.15. The van der Waals surface area contributed by atoms with Gasteiger partial charge in [-0.15, -0.1) is 0 Å². The van der Waals surface area contributed by atoms with Crippen LogP contribution in [-0.2, 0) is 17.9 Å². The van der Waals surface area contributed by atoms with Crippen LogP contribution in [0.25, 0.3) is 6.08 Å². The van der Waals surface area contributed by atoms with Crippen LogP contribution in [0.1, 0.15) is 42.2 Å². The van der Waals surface area contributed by atoms with Gasteiger partial charge in [0, 0.05) is 44.0 Å². The molecule has 2 aromatic heterocycles. The second-order valence-electron chi connectivity index (χ2n) is 9.82. The maximum absolute atomic E-state index is 13.6. The maximum Gasteiger partial charge on any atom is 0.270 e. The number of furan rings is 1. The minimum Gasteiger partial charge on any atom is -0.467 e. The summed E-state index contributed by atoms with van der Waals surface area (Å²) >= 11 is 6.78. The monoisotopic (exact) mass is 573 g/mol. The third-order valence-corrected chi connectivity index (χ3v) is 8.70. The van der Waals surface area contributed by atoms with E-state index < -0.39 is 0 Å². The van der Waals surface area contributed by atoms with Gasteiger partial charge in [-0.05, 0) is 49.2 Å². The van der Waals surface area contributed by atoms with E-state index in [1.807, 2.05) is 30.3 Å². The van der Waals surface area contributed by atoms with Crippen molar-refractivity contribution < 1.29 is 9.21 Å². The van der Waals surface area contributed by atoms with Crippen molar-refractivity contribution in [3.8, 4) is 6.07 Å². The van der Waals surface area contributed by atoms with Crippen LogP contribution in [0.2, 0.25) is 0 Å². The molecule has 0 atom stereocenters. The van der Waals surface area contributed by atoms with E-state index in [9.17, 15) is 14.9 Å². The highest BCUT2D eigenvalue weighted by molar-refractivity contribution is 8.26. The maximum atomic E-state index is 13.6. The molecule has 0 unspecified atom stereocenters. The number of carbonyl (C=O) groups is 1. The lowest BCUT2D eigenvalue weighted by Gasteiger charge is -2.39. The molecule has 0 N–H and O–H groups in total. The molecule has 2 saturated heterocycles. The molecule has 2 fully saturated rings. The zero-order valence-corrected chi connectivity index (χ0v) is 24.3. The molecule has 2 aliphatic heterocycles. The lowest BCUT2D eigenvalue weighted by molar-refractivity contribution is -0.122. The first-order chi connectivity index (χ1) is 19.4. The molecular weight excluding hydrogens is 542 g/mol. The highest BCUT2D eigenvalue weighted by Crippen LogP contribution is 2.37. The number of thiocarbonyl (C=S) groups is 1. The van der Waals surface area contributed by atoms with Crippen molar-refractivity contribution in [2.45, 2.75) is 39.8 Å². The molecule has 1 amide bonds. The van der Waals surface area contributed by atoms with Gasteiger partial charge >= 0.3 is 0 Å². The Morgan fingerprint density at radius 1 is 1.07 bits per heavy atom. The Balaban J connectivity index is 1.56. The second-order valence-corrected chi connectivity index (χ2v) is 11.5. The summed E-state index contributed by atoms with van der Waals surface area (Å²) in [6, 6.07) is 16.0. The van der Waals surface area contributed by atoms with Gasteiger partial charge in [-0.25, -0.2) is 0 Å². The Hall–Kier alpha value is -3.81. The van der Waals surface area contributed by atoms with Crippen LogP contribution in [0.5, 0.6) is 0 Å². The highest BCUT2D eigenvalue weighted by Gasteiger charge is 2.34. The SMILES string of the molecule is CCCCn1c(N2CCN(c3ccccc3)CC2)c(C=C2SC(=S)N(Cc3ccco3)C2=O)c(C)c(C#N)c1=O. The molecule has 206 valence electrons. The summed E-state index contributed by atoms with van der Waals surface area (Å²) in [7, 11) is 0. The summed E-state index contributed by atoms with van der Waals surface area (Å²) in [6.07, 6.45) is 5.09. The van der Waals surface area contributed by atoms with Crippen LogP contribution in [0.15, 0.2) is 62.8 Å². The zero-order valence-electron chi connectivity index (χ0n) is 22.6. The summed E-state index contributed by atoms with van der Waals surface area (Å²) in [5, 5.41) is 9.96. The van der Waals surface area contributed by atoms with Gasteiger partial charge in [0.1, 0.15) is 27.5 Å². The van der Waals surface area contributed by atoms with Crippen molar-refractivity contribution in [3.05, 3.63) is 86.4 Å². The number of pyridine rings is 1. The molecule has 8 nitrogen and oxygen atoms in total. The van der Waals surface area contributed by atoms with Crippen molar-refractivity contribution in [1.82, 2.24) is 9.47 Å². The molecule has 5 rings (SSSR count). The van der Waals surface area contributed by atoms with Gasteiger partial charge in [0.05, 0.1) is 17.7 Å². The van der Waals surface area contributed by atoms with Gasteiger partial charge in [-0.1, -0.05) is 55.5 Å². The third-order valence-electron chi connectivity index (χ3n) is 7.33. The molecule has 4 heterocycles. The number of nitrogens with zero attached hydrogens (tertiary/aromatic N) is 5. The molecule has 0 saturated carbocycles. The molecule has 0 spiro atoms. The number of nitriles is 1. The fourth-order valence-corrected chi connectivity index (χ4v) is 6.39. The standard InChI is InChI=1S/C30H31N5O3S2/c1-3-4-12-34-27(33-15-13-32(14-16-33)22-9-6-5-7-10-22)24(21(2)25(19-31)28(34)36)18-26-29(37)35(30(39)40-26)20-23-11-8-17-38-23/h5-11,17-18H,3-4,12-16,20H2,1-2H3. The van der Waals surface area contributed by atoms with Gasteiger partial charge < -0.3 is 14.2 Å². The number of anilines is 2. The van der Waals surface area contributed by atoms with Crippen molar-refractivity contribution in [2.75, 3.05) is 36.0 Å². The van der Waals surface area contributed by atoms with Crippen molar-refractivity contribution in [1.29, 1.82) is 5.26 Å². The molecule has 2 aliphatic rings. The molecule has 0 bridgehead atoms. The quantitative estimate of drug-likeness (QED) is 0.270. The zero-order chi connectivity index (χ0) is 28.2. The fraction of sp³-hybridized carbons (Fsp3) is 0.333. The van der Waals surface area contributed by atoms with Gasteiger partial charge in [0.15, 0.2) is 0 Å². The smallest absolute Gasteiger partial charge is 0.270 e. The van der Waals surface area contributed by atoms with Gasteiger partial charge in [-0.2, -0.15) is 5.26 Å². The molecule has 10 heteroatoms. The van der Waals surface area contributed by atoms with Gasteiger partial charge in [0.2, 0.25) is 0 Å². The molecule has 40 heavy (non-hydrogen) atoms. The Kier molecular flexibility index (Phi) is 8.43. The first-order valence-electron chi connectivity index (χ1n) is 13.4. The number of hydrogen-bond donors (Lipinski definition) is 0.